The van der Waals surface area contributed by atoms with E-state index in [4.69, 9.17) is 4.74 Å². The molecule has 0 aliphatic carbocycles. The van der Waals surface area contributed by atoms with Gasteiger partial charge in [-0.2, -0.15) is 0 Å². The molecule has 2 atom stereocenters. The Labute approximate surface area is 153 Å². The summed E-state index contributed by atoms with van der Waals surface area (Å²) in [5, 5.41) is 9.58. The SMILES string of the molecule is COc1cc(CC(=O)N2C[C@H](C(=O)O)[C@H](c3ccccc3)C2)ccc1C. The van der Waals surface area contributed by atoms with Crippen LogP contribution < -0.4 is 4.74 Å². The number of amides is 1. The summed E-state index contributed by atoms with van der Waals surface area (Å²) < 4.78 is 5.31. The quantitative estimate of drug-likeness (QED) is 0.898. The van der Waals surface area contributed by atoms with Crippen molar-refractivity contribution in [3.63, 3.8) is 0 Å². The zero-order valence-corrected chi connectivity index (χ0v) is 15.0. The van der Waals surface area contributed by atoms with Gasteiger partial charge < -0.3 is 14.7 Å². The van der Waals surface area contributed by atoms with Gasteiger partial charge in [0.05, 0.1) is 19.4 Å². The number of carbonyl (C=O) groups excluding carboxylic acids is 1. The lowest BCUT2D eigenvalue weighted by molar-refractivity contribution is -0.141. The number of ether oxygens (including phenoxy) is 1. The number of hydrogen-bond donors (Lipinski definition) is 1. The van der Waals surface area contributed by atoms with Crippen molar-refractivity contribution in [2.45, 2.75) is 19.3 Å². The van der Waals surface area contributed by atoms with E-state index in [0.29, 0.717) is 6.54 Å². The fourth-order valence-electron chi connectivity index (χ4n) is 3.56. The summed E-state index contributed by atoms with van der Waals surface area (Å²) in [5.41, 5.74) is 2.85. The van der Waals surface area contributed by atoms with E-state index >= 15 is 0 Å². The topological polar surface area (TPSA) is 66.8 Å². The Morgan fingerprint density at radius 2 is 1.88 bits per heavy atom. The van der Waals surface area contributed by atoms with Crippen molar-refractivity contribution in [3.05, 3.63) is 65.2 Å². The fourth-order valence-corrected chi connectivity index (χ4v) is 3.56. The number of carboxylic acids is 1. The molecule has 1 heterocycles. The highest BCUT2D eigenvalue weighted by atomic mass is 16.5. The molecule has 2 aromatic rings. The number of carbonyl (C=O) groups is 2. The van der Waals surface area contributed by atoms with Crippen LogP contribution in [0.3, 0.4) is 0 Å². The van der Waals surface area contributed by atoms with Crippen LogP contribution in [-0.2, 0) is 16.0 Å². The second-order valence-electron chi connectivity index (χ2n) is 6.74. The molecule has 1 aliphatic heterocycles. The van der Waals surface area contributed by atoms with E-state index in [9.17, 15) is 14.7 Å². The molecule has 136 valence electrons. The summed E-state index contributed by atoms with van der Waals surface area (Å²) in [6.07, 6.45) is 0.241. The van der Waals surface area contributed by atoms with Gasteiger partial charge in [-0.15, -0.1) is 0 Å². The molecule has 2 aromatic carbocycles. The Balaban J connectivity index is 1.75. The first kappa shape index (κ1) is 18.0. The molecule has 1 N–H and O–H groups in total. The van der Waals surface area contributed by atoms with Crippen molar-refractivity contribution in [2.24, 2.45) is 5.92 Å². The van der Waals surface area contributed by atoms with E-state index in [1.807, 2.05) is 55.5 Å². The van der Waals surface area contributed by atoms with Gasteiger partial charge in [-0.3, -0.25) is 9.59 Å². The molecule has 0 unspecified atom stereocenters. The van der Waals surface area contributed by atoms with Gasteiger partial charge in [0.2, 0.25) is 5.91 Å². The zero-order valence-electron chi connectivity index (χ0n) is 15.0. The van der Waals surface area contributed by atoms with E-state index < -0.39 is 11.9 Å². The first-order chi connectivity index (χ1) is 12.5. The minimum Gasteiger partial charge on any atom is -0.496 e. The number of aryl methyl sites for hydroxylation is 1. The van der Waals surface area contributed by atoms with Gasteiger partial charge in [-0.25, -0.2) is 0 Å². The standard InChI is InChI=1S/C21H23NO4/c1-14-8-9-15(10-19(14)26-2)11-20(23)22-12-17(18(13-22)21(24)25)16-6-4-3-5-7-16/h3-10,17-18H,11-13H2,1-2H3,(H,24,25)/t17-,18-/m0/s1. The summed E-state index contributed by atoms with van der Waals surface area (Å²) in [4.78, 5) is 26.1. The number of likely N-dealkylation sites (tertiary alicyclic amines) is 1. The summed E-state index contributed by atoms with van der Waals surface area (Å²) in [6, 6.07) is 15.3. The predicted molar refractivity (Wildman–Crippen MR) is 98.3 cm³/mol. The molecule has 0 bridgehead atoms. The summed E-state index contributed by atoms with van der Waals surface area (Å²) in [5.74, 6) is -0.909. The van der Waals surface area contributed by atoms with Gasteiger partial charge in [0.1, 0.15) is 5.75 Å². The molecule has 5 nitrogen and oxygen atoms in total. The summed E-state index contributed by atoms with van der Waals surface area (Å²) in [6.45, 7) is 2.63. The van der Waals surface area contributed by atoms with Crippen LogP contribution in [0.15, 0.2) is 48.5 Å². The summed E-state index contributed by atoms with van der Waals surface area (Å²) in [7, 11) is 1.61. The number of hydrogen-bond acceptors (Lipinski definition) is 3. The molecular weight excluding hydrogens is 330 g/mol. The Kier molecular flexibility index (Phi) is 5.26. The van der Waals surface area contributed by atoms with Crippen LogP contribution in [0.2, 0.25) is 0 Å². The highest BCUT2D eigenvalue weighted by Gasteiger charge is 2.40. The van der Waals surface area contributed by atoms with Crippen molar-refractivity contribution >= 4 is 11.9 Å². The van der Waals surface area contributed by atoms with Gasteiger partial charge in [0.25, 0.3) is 0 Å². The van der Waals surface area contributed by atoms with Crippen molar-refractivity contribution in [1.29, 1.82) is 0 Å². The molecule has 0 spiro atoms. The highest BCUT2D eigenvalue weighted by Crippen LogP contribution is 2.33. The molecule has 1 saturated heterocycles. The third kappa shape index (κ3) is 3.72. The molecule has 3 rings (SSSR count). The third-order valence-electron chi connectivity index (χ3n) is 5.05. The lowest BCUT2D eigenvalue weighted by Crippen LogP contribution is -2.31. The molecular formula is C21H23NO4. The minimum atomic E-state index is -0.855. The van der Waals surface area contributed by atoms with Gasteiger partial charge >= 0.3 is 5.97 Å². The highest BCUT2D eigenvalue weighted by molar-refractivity contribution is 5.81. The van der Waals surface area contributed by atoms with Gasteiger partial charge in [-0.05, 0) is 29.7 Å². The molecule has 1 aliphatic rings. The zero-order chi connectivity index (χ0) is 18.7. The normalized spacial score (nSPS) is 19.4. The molecule has 26 heavy (non-hydrogen) atoms. The van der Waals surface area contributed by atoms with Crippen molar-refractivity contribution in [1.82, 2.24) is 4.90 Å². The van der Waals surface area contributed by atoms with Crippen molar-refractivity contribution in [2.75, 3.05) is 20.2 Å². The Bertz CT molecular complexity index is 803. The average molecular weight is 353 g/mol. The maximum Gasteiger partial charge on any atom is 0.308 e. The van der Waals surface area contributed by atoms with Crippen LogP contribution in [0.1, 0.15) is 22.6 Å². The molecule has 0 aromatic heterocycles. The monoisotopic (exact) mass is 353 g/mol. The lowest BCUT2D eigenvalue weighted by Gasteiger charge is -2.17. The first-order valence-corrected chi connectivity index (χ1v) is 8.68. The van der Waals surface area contributed by atoms with Gasteiger partial charge in [0.15, 0.2) is 0 Å². The summed E-state index contributed by atoms with van der Waals surface area (Å²) >= 11 is 0. The number of aliphatic carboxylic acids is 1. The minimum absolute atomic E-state index is 0.0550. The number of nitrogens with zero attached hydrogens (tertiary/aromatic N) is 1. The van der Waals surface area contributed by atoms with E-state index in [-0.39, 0.29) is 24.8 Å². The Morgan fingerprint density at radius 3 is 2.54 bits per heavy atom. The average Bonchev–Trinajstić information content (AvgIpc) is 3.10. The maximum atomic E-state index is 12.7. The van der Waals surface area contributed by atoms with E-state index in [1.54, 1.807) is 12.0 Å². The Hall–Kier alpha value is -2.82. The Morgan fingerprint density at radius 1 is 1.15 bits per heavy atom. The fraction of sp³-hybridized carbons (Fsp3) is 0.333. The first-order valence-electron chi connectivity index (χ1n) is 8.68. The molecule has 1 fully saturated rings. The smallest absolute Gasteiger partial charge is 0.308 e. The van der Waals surface area contributed by atoms with Crippen LogP contribution in [-0.4, -0.2) is 42.1 Å². The number of methoxy groups -OCH3 is 1. The third-order valence-corrected chi connectivity index (χ3v) is 5.05. The number of rotatable bonds is 5. The van der Waals surface area contributed by atoms with E-state index in [2.05, 4.69) is 0 Å². The second-order valence-corrected chi connectivity index (χ2v) is 6.74. The van der Waals surface area contributed by atoms with Crippen molar-refractivity contribution in [3.8, 4) is 5.75 Å². The molecule has 0 radical (unpaired) electrons. The predicted octanol–water partition coefficient (Wildman–Crippen LogP) is 2.87. The van der Waals surface area contributed by atoms with E-state index in [0.717, 1.165) is 22.4 Å². The maximum absolute atomic E-state index is 12.7. The van der Waals surface area contributed by atoms with Gasteiger partial charge in [-0.1, -0.05) is 42.5 Å². The van der Waals surface area contributed by atoms with Crippen molar-refractivity contribution < 1.29 is 19.4 Å². The van der Waals surface area contributed by atoms with Crippen LogP contribution in [0.4, 0.5) is 0 Å². The van der Waals surface area contributed by atoms with E-state index in [1.165, 1.54) is 0 Å². The number of benzene rings is 2. The van der Waals surface area contributed by atoms with Crippen LogP contribution in [0, 0.1) is 12.8 Å². The number of carboxylic acid groups (broad SMARTS) is 1. The van der Waals surface area contributed by atoms with Crippen LogP contribution >= 0.6 is 0 Å². The molecule has 5 heteroatoms. The largest absolute Gasteiger partial charge is 0.496 e. The van der Waals surface area contributed by atoms with Crippen LogP contribution in [0.5, 0.6) is 5.75 Å². The lowest BCUT2D eigenvalue weighted by atomic mass is 9.89. The second kappa shape index (κ2) is 7.60. The molecule has 0 saturated carbocycles. The van der Waals surface area contributed by atoms with Gasteiger partial charge in [0, 0.05) is 19.0 Å². The van der Waals surface area contributed by atoms with Crippen LogP contribution in [0.25, 0.3) is 0 Å². The molecule has 1 amide bonds.